The summed E-state index contributed by atoms with van der Waals surface area (Å²) in [4.78, 5) is 0. The summed E-state index contributed by atoms with van der Waals surface area (Å²) in [5, 5.41) is 0. The van der Waals surface area contributed by atoms with Gasteiger partial charge in [0.2, 0.25) is 0 Å². The van der Waals surface area contributed by atoms with E-state index in [0.29, 0.717) is 0 Å². The van der Waals surface area contributed by atoms with Crippen LogP contribution >= 0.6 is 10.7 Å². The van der Waals surface area contributed by atoms with Crippen LogP contribution in [-0.2, 0) is 9.24 Å². The topological polar surface area (TPSA) is 37.4 Å². The Kier molecular flexibility index (Phi) is 4.72. The number of hydrogen-bond acceptors (Lipinski definition) is 2. The molecule has 2 fully saturated rings. The van der Waals surface area contributed by atoms with Crippen molar-refractivity contribution in [2.75, 3.05) is 0 Å². The summed E-state index contributed by atoms with van der Waals surface area (Å²) in [6.45, 7) is 0. The minimum Gasteiger partial charge on any atom is -0.195 e. The van der Waals surface area contributed by atoms with Crippen LogP contribution in [0, 0.1) is 0 Å². The Labute approximate surface area is 109 Å². The van der Waals surface area contributed by atoms with Crippen LogP contribution < -0.4 is 0 Å². The average molecular weight is 280 g/mol. The Hall–Kier alpha value is 0.200. The first kappa shape index (κ1) is 13.6. The third-order valence-electron chi connectivity index (χ3n) is 4.12. The summed E-state index contributed by atoms with van der Waals surface area (Å²) in [6.07, 6.45) is 11.0. The second-order valence-corrected chi connectivity index (χ2v) is 7.77. The lowest BCUT2D eigenvalue weighted by atomic mass is 9.91. The SMILES string of the molecule is O=S(=O)(Cl)N(C1CCCCC1)C1CCCCC1. The van der Waals surface area contributed by atoms with E-state index in [0.717, 1.165) is 51.4 Å². The van der Waals surface area contributed by atoms with Gasteiger partial charge in [-0.1, -0.05) is 38.5 Å². The monoisotopic (exact) mass is 279 g/mol. The molecule has 0 radical (unpaired) electrons. The highest BCUT2D eigenvalue weighted by molar-refractivity contribution is 8.11. The molecule has 2 rings (SSSR count). The average Bonchev–Trinajstić information content (AvgIpc) is 2.30. The van der Waals surface area contributed by atoms with Gasteiger partial charge in [-0.25, -0.2) is 0 Å². The third-order valence-corrected chi connectivity index (χ3v) is 5.70. The summed E-state index contributed by atoms with van der Waals surface area (Å²) < 4.78 is 25.3. The van der Waals surface area contributed by atoms with Crippen molar-refractivity contribution < 1.29 is 8.42 Å². The van der Waals surface area contributed by atoms with Crippen molar-refractivity contribution in [2.45, 2.75) is 76.3 Å². The minimum absolute atomic E-state index is 0.161. The van der Waals surface area contributed by atoms with Gasteiger partial charge >= 0.3 is 0 Å². The van der Waals surface area contributed by atoms with Crippen LogP contribution in [0.2, 0.25) is 0 Å². The van der Waals surface area contributed by atoms with E-state index in [2.05, 4.69) is 0 Å². The van der Waals surface area contributed by atoms with Crippen LogP contribution in [-0.4, -0.2) is 24.8 Å². The van der Waals surface area contributed by atoms with Crippen LogP contribution in [0.1, 0.15) is 64.2 Å². The third kappa shape index (κ3) is 3.58. The number of hydrogen-bond donors (Lipinski definition) is 0. The first-order valence-corrected chi connectivity index (χ1v) is 9.09. The van der Waals surface area contributed by atoms with Crippen molar-refractivity contribution in [1.82, 2.24) is 4.31 Å². The van der Waals surface area contributed by atoms with E-state index in [-0.39, 0.29) is 12.1 Å². The minimum atomic E-state index is -3.56. The molecule has 0 aromatic heterocycles. The highest BCUT2D eigenvalue weighted by Gasteiger charge is 2.36. The molecule has 0 saturated heterocycles. The van der Waals surface area contributed by atoms with Crippen molar-refractivity contribution in [3.63, 3.8) is 0 Å². The van der Waals surface area contributed by atoms with Crippen molar-refractivity contribution in [2.24, 2.45) is 0 Å². The van der Waals surface area contributed by atoms with Gasteiger partial charge in [-0.3, -0.25) is 0 Å². The number of nitrogens with zero attached hydrogens (tertiary/aromatic N) is 1. The first-order chi connectivity index (χ1) is 8.09. The van der Waals surface area contributed by atoms with Crippen LogP contribution in [0.3, 0.4) is 0 Å². The Balaban J connectivity index is 2.11. The maximum Gasteiger partial charge on any atom is 0.300 e. The Morgan fingerprint density at radius 3 is 1.41 bits per heavy atom. The molecule has 0 unspecified atom stereocenters. The largest absolute Gasteiger partial charge is 0.300 e. The van der Waals surface area contributed by atoms with Crippen molar-refractivity contribution >= 4 is 19.9 Å². The molecule has 2 aliphatic rings. The van der Waals surface area contributed by atoms with E-state index in [9.17, 15) is 8.42 Å². The zero-order valence-electron chi connectivity index (χ0n) is 10.3. The molecule has 100 valence electrons. The molecule has 0 aliphatic heterocycles. The van der Waals surface area contributed by atoms with E-state index in [1.807, 2.05) is 0 Å². The molecule has 0 aromatic carbocycles. The fourth-order valence-electron chi connectivity index (χ4n) is 3.33. The highest BCUT2D eigenvalue weighted by atomic mass is 35.7. The second-order valence-electron chi connectivity index (χ2n) is 5.36. The summed E-state index contributed by atoms with van der Waals surface area (Å²) in [7, 11) is 2.11. The lowest BCUT2D eigenvalue weighted by molar-refractivity contribution is 0.173. The summed E-state index contributed by atoms with van der Waals surface area (Å²) in [5.41, 5.74) is 0. The lowest BCUT2D eigenvalue weighted by Gasteiger charge is -2.38. The molecule has 2 saturated carbocycles. The summed E-state index contributed by atoms with van der Waals surface area (Å²) >= 11 is 0. The standard InChI is InChI=1S/C12H22ClNO2S/c13-17(15,16)14(11-7-3-1-4-8-11)12-9-5-2-6-10-12/h11-12H,1-10H2. The fraction of sp³-hybridized carbons (Fsp3) is 1.00. The maximum atomic E-state index is 11.8. The Bertz CT molecular complexity index is 314. The lowest BCUT2D eigenvalue weighted by Crippen LogP contribution is -2.46. The van der Waals surface area contributed by atoms with Gasteiger partial charge in [0.15, 0.2) is 0 Å². The van der Waals surface area contributed by atoms with Gasteiger partial charge in [0.25, 0.3) is 9.24 Å². The predicted octanol–water partition coefficient (Wildman–Crippen LogP) is 3.44. The molecular formula is C12H22ClNO2S. The van der Waals surface area contributed by atoms with Crippen LogP contribution in [0.25, 0.3) is 0 Å². The first-order valence-electron chi connectivity index (χ1n) is 6.82. The zero-order valence-corrected chi connectivity index (χ0v) is 11.8. The molecule has 0 N–H and O–H groups in total. The fourth-order valence-corrected chi connectivity index (χ4v) is 5.14. The molecule has 0 atom stereocenters. The molecule has 0 amide bonds. The van der Waals surface area contributed by atoms with Crippen LogP contribution in [0.5, 0.6) is 0 Å². The summed E-state index contributed by atoms with van der Waals surface area (Å²) in [5.74, 6) is 0. The number of halogens is 1. The van der Waals surface area contributed by atoms with E-state index < -0.39 is 9.24 Å². The van der Waals surface area contributed by atoms with Gasteiger partial charge in [-0.05, 0) is 25.7 Å². The van der Waals surface area contributed by atoms with Crippen LogP contribution in [0.15, 0.2) is 0 Å². The molecular weight excluding hydrogens is 258 g/mol. The van der Waals surface area contributed by atoms with E-state index in [1.54, 1.807) is 4.31 Å². The molecule has 0 bridgehead atoms. The normalized spacial score (nSPS) is 25.3. The number of rotatable bonds is 3. The molecule has 3 nitrogen and oxygen atoms in total. The molecule has 0 spiro atoms. The Morgan fingerprint density at radius 2 is 1.12 bits per heavy atom. The molecule has 2 aliphatic carbocycles. The summed E-state index contributed by atoms with van der Waals surface area (Å²) in [6, 6.07) is 0.323. The molecule has 5 heteroatoms. The highest BCUT2D eigenvalue weighted by Crippen LogP contribution is 2.33. The van der Waals surface area contributed by atoms with Gasteiger partial charge < -0.3 is 0 Å². The van der Waals surface area contributed by atoms with E-state index >= 15 is 0 Å². The van der Waals surface area contributed by atoms with Crippen molar-refractivity contribution in [3.8, 4) is 0 Å². The van der Waals surface area contributed by atoms with Gasteiger partial charge in [0.05, 0.1) is 0 Å². The molecule has 17 heavy (non-hydrogen) atoms. The van der Waals surface area contributed by atoms with Gasteiger partial charge in [-0.15, -0.1) is 0 Å². The second kappa shape index (κ2) is 5.89. The Morgan fingerprint density at radius 1 is 0.765 bits per heavy atom. The molecule has 0 heterocycles. The molecule has 0 aromatic rings. The van der Waals surface area contributed by atoms with Crippen molar-refractivity contribution in [3.05, 3.63) is 0 Å². The quantitative estimate of drug-likeness (QED) is 0.742. The zero-order chi connectivity index (χ0) is 12.3. The van der Waals surface area contributed by atoms with Gasteiger partial charge in [0.1, 0.15) is 0 Å². The van der Waals surface area contributed by atoms with Crippen LogP contribution in [0.4, 0.5) is 0 Å². The van der Waals surface area contributed by atoms with E-state index in [1.165, 1.54) is 12.8 Å². The van der Waals surface area contributed by atoms with E-state index in [4.69, 9.17) is 10.7 Å². The predicted molar refractivity (Wildman–Crippen MR) is 70.4 cm³/mol. The van der Waals surface area contributed by atoms with Crippen molar-refractivity contribution in [1.29, 1.82) is 0 Å². The van der Waals surface area contributed by atoms with Gasteiger partial charge in [0, 0.05) is 22.8 Å². The maximum absolute atomic E-state index is 11.8. The van der Waals surface area contributed by atoms with Gasteiger partial charge in [-0.2, -0.15) is 12.7 Å². The smallest absolute Gasteiger partial charge is 0.195 e.